The van der Waals surface area contributed by atoms with Gasteiger partial charge >= 0.3 is 0 Å². The molecule has 0 amide bonds. The van der Waals surface area contributed by atoms with E-state index in [0.29, 0.717) is 24.9 Å². The van der Waals surface area contributed by atoms with Gasteiger partial charge in [-0.15, -0.1) is 0 Å². The Morgan fingerprint density at radius 2 is 1.40 bits per heavy atom. The van der Waals surface area contributed by atoms with Gasteiger partial charge in [-0.25, -0.2) is 0 Å². The number of aliphatic hydroxyl groups excluding tert-OH is 6. The summed E-state index contributed by atoms with van der Waals surface area (Å²) in [5, 5.41) is 62.8. The molecule has 8 fully saturated rings. The first-order valence-electron chi connectivity index (χ1n) is 19.9. The summed E-state index contributed by atoms with van der Waals surface area (Å²) in [6, 6.07) is 0. The highest BCUT2D eigenvalue weighted by atomic mass is 16.7. The summed E-state index contributed by atoms with van der Waals surface area (Å²) in [5.41, 5.74) is -0.0373. The standard InChI is InChI=1S/C40H64O12/c1-20(2)14-21-15-38(7,52-34-31(46)29(44)24(42)17-48-34)32-22-8-9-26-36(5)12-11-27(50-33-30(45)28(43)23(41)16-47-33)35(3,4)25(36)10-13-37(26,6)39(22)18-40(32,51-21)49-19-39/h14,21-34,41-46H,8-13,15-19H2,1-7H3. The average molecular weight is 737 g/mol. The van der Waals surface area contributed by atoms with Gasteiger partial charge in [0.25, 0.3) is 0 Å². The lowest BCUT2D eigenvalue weighted by Gasteiger charge is -2.70. The maximum atomic E-state index is 11.0. The molecule has 4 saturated heterocycles. The highest BCUT2D eigenvalue weighted by Crippen LogP contribution is 2.80. The topological polar surface area (TPSA) is 177 Å². The number of hydrogen-bond donors (Lipinski definition) is 6. The molecule has 2 spiro atoms. The Morgan fingerprint density at radius 3 is 2.08 bits per heavy atom. The van der Waals surface area contributed by atoms with Gasteiger partial charge in [-0.3, -0.25) is 0 Å². The fourth-order valence-corrected chi connectivity index (χ4v) is 14.1. The SMILES string of the molecule is CC(C)=CC1CC(C)(OC2OCC(O)C(O)C2O)C2C3CCC4C5(C)CCC(OC6OCC(O)C(O)C6O)C(C)(C)C5CCC4(C)C34COC2(C4)O1. The van der Waals surface area contributed by atoms with E-state index in [-0.39, 0.29) is 58.9 Å². The highest BCUT2D eigenvalue weighted by Gasteiger charge is 2.81. The molecule has 0 aromatic heterocycles. The van der Waals surface area contributed by atoms with Crippen molar-refractivity contribution in [3.8, 4) is 0 Å². The van der Waals surface area contributed by atoms with Crippen LogP contribution in [-0.2, 0) is 28.4 Å². The van der Waals surface area contributed by atoms with Crippen molar-refractivity contribution in [3.05, 3.63) is 11.6 Å². The maximum absolute atomic E-state index is 11.0. The van der Waals surface area contributed by atoms with Crippen LogP contribution in [0.5, 0.6) is 0 Å². The number of aliphatic hydroxyl groups is 6. The quantitative estimate of drug-likeness (QED) is 0.180. The summed E-state index contributed by atoms with van der Waals surface area (Å²) >= 11 is 0. The summed E-state index contributed by atoms with van der Waals surface area (Å²) in [6.45, 7) is 16.3. The molecular formula is C40H64O12. The van der Waals surface area contributed by atoms with Crippen LogP contribution in [0.4, 0.5) is 0 Å². The minimum absolute atomic E-state index is 0.0314. The smallest absolute Gasteiger partial charge is 0.186 e. The second kappa shape index (κ2) is 12.6. The highest BCUT2D eigenvalue weighted by molar-refractivity contribution is 5.27. The van der Waals surface area contributed by atoms with Gasteiger partial charge in [0.05, 0.1) is 37.6 Å². The predicted molar refractivity (Wildman–Crippen MR) is 186 cm³/mol. The first-order valence-corrected chi connectivity index (χ1v) is 19.9. The van der Waals surface area contributed by atoms with E-state index in [2.05, 4.69) is 54.5 Å². The molecule has 6 N–H and O–H groups in total. The van der Waals surface area contributed by atoms with Gasteiger partial charge in [0.1, 0.15) is 36.6 Å². The van der Waals surface area contributed by atoms with E-state index in [1.54, 1.807) is 0 Å². The van der Waals surface area contributed by atoms with E-state index in [0.717, 1.165) is 50.5 Å². The number of ether oxygens (including phenoxy) is 6. The number of hydrogen-bond acceptors (Lipinski definition) is 12. The third-order valence-electron chi connectivity index (χ3n) is 16.3. The van der Waals surface area contributed by atoms with Gasteiger partial charge in [0.2, 0.25) is 0 Å². The summed E-state index contributed by atoms with van der Waals surface area (Å²) < 4.78 is 39.0. The molecule has 4 aliphatic carbocycles. The third-order valence-corrected chi connectivity index (χ3v) is 16.3. The van der Waals surface area contributed by atoms with Crippen LogP contribution in [0.25, 0.3) is 0 Å². The molecule has 296 valence electrons. The monoisotopic (exact) mass is 736 g/mol. The molecule has 8 aliphatic rings. The van der Waals surface area contributed by atoms with E-state index in [1.807, 2.05) is 0 Å². The predicted octanol–water partition coefficient (Wildman–Crippen LogP) is 2.78. The molecule has 12 heteroatoms. The zero-order valence-electron chi connectivity index (χ0n) is 32.1. The lowest BCUT2D eigenvalue weighted by Crippen LogP contribution is -2.68. The zero-order valence-corrected chi connectivity index (χ0v) is 32.1. The van der Waals surface area contributed by atoms with E-state index in [4.69, 9.17) is 28.4 Å². The molecule has 8 rings (SSSR count). The Bertz CT molecular complexity index is 1400. The Hall–Kier alpha value is -0.740. The number of fused-ring (bicyclic) bond motifs is 4. The van der Waals surface area contributed by atoms with Crippen molar-refractivity contribution in [3.63, 3.8) is 0 Å². The van der Waals surface area contributed by atoms with Crippen LogP contribution in [0.2, 0.25) is 0 Å². The largest absolute Gasteiger partial charge is 0.388 e. The van der Waals surface area contributed by atoms with Crippen molar-refractivity contribution in [1.82, 2.24) is 0 Å². The molecule has 52 heavy (non-hydrogen) atoms. The van der Waals surface area contributed by atoms with E-state index < -0.39 is 60.6 Å². The van der Waals surface area contributed by atoms with Crippen LogP contribution in [0, 0.1) is 45.3 Å². The fraction of sp³-hybridized carbons (Fsp3) is 0.950. The van der Waals surface area contributed by atoms with Crippen LogP contribution >= 0.6 is 0 Å². The van der Waals surface area contributed by atoms with E-state index in [1.165, 1.54) is 0 Å². The Morgan fingerprint density at radius 1 is 0.750 bits per heavy atom. The molecule has 19 unspecified atom stereocenters. The van der Waals surface area contributed by atoms with Gasteiger partial charge in [-0.2, -0.15) is 0 Å². The van der Waals surface area contributed by atoms with E-state index >= 15 is 0 Å². The van der Waals surface area contributed by atoms with Gasteiger partial charge < -0.3 is 59.1 Å². The van der Waals surface area contributed by atoms with Gasteiger partial charge in [-0.05, 0) is 93.3 Å². The Labute approximate surface area is 308 Å². The van der Waals surface area contributed by atoms with Gasteiger partial charge in [0, 0.05) is 24.2 Å². The fourth-order valence-electron chi connectivity index (χ4n) is 14.1. The van der Waals surface area contributed by atoms with Crippen LogP contribution in [0.1, 0.15) is 99.8 Å². The first-order chi connectivity index (χ1) is 24.3. The molecule has 0 aromatic rings. The molecule has 4 aliphatic heterocycles. The minimum atomic E-state index is -1.38. The zero-order chi connectivity index (χ0) is 37.4. The van der Waals surface area contributed by atoms with E-state index in [9.17, 15) is 30.6 Å². The van der Waals surface area contributed by atoms with Crippen molar-refractivity contribution < 1.29 is 59.1 Å². The molecular weight excluding hydrogens is 672 g/mol. The normalized spacial score (nSPS) is 58.0. The molecule has 0 radical (unpaired) electrons. The molecule has 2 bridgehead atoms. The van der Waals surface area contributed by atoms with Crippen LogP contribution in [0.3, 0.4) is 0 Å². The summed E-state index contributed by atoms with van der Waals surface area (Å²) in [7, 11) is 0. The van der Waals surface area contributed by atoms with Crippen LogP contribution in [-0.4, -0.2) is 123 Å². The van der Waals surface area contributed by atoms with Crippen molar-refractivity contribution in [2.24, 2.45) is 45.3 Å². The maximum Gasteiger partial charge on any atom is 0.186 e. The van der Waals surface area contributed by atoms with Crippen molar-refractivity contribution in [2.75, 3.05) is 19.8 Å². The Balaban J connectivity index is 1.09. The summed E-state index contributed by atoms with van der Waals surface area (Å²) in [4.78, 5) is 0. The first kappa shape index (κ1) is 38.1. The lowest BCUT2D eigenvalue weighted by atomic mass is 9.35. The summed E-state index contributed by atoms with van der Waals surface area (Å²) in [6.07, 6.45) is -0.789. The number of rotatable bonds is 5. The van der Waals surface area contributed by atoms with Crippen molar-refractivity contribution in [2.45, 2.75) is 173 Å². The summed E-state index contributed by atoms with van der Waals surface area (Å²) in [5.74, 6) is 0.0832. The van der Waals surface area contributed by atoms with Crippen LogP contribution < -0.4 is 0 Å². The third kappa shape index (κ3) is 5.29. The van der Waals surface area contributed by atoms with Crippen molar-refractivity contribution >= 4 is 0 Å². The second-order valence-electron chi connectivity index (χ2n) is 19.7. The Kier molecular flexibility index (Phi) is 9.27. The van der Waals surface area contributed by atoms with Gasteiger partial charge in [0.15, 0.2) is 18.4 Å². The molecule has 12 nitrogen and oxygen atoms in total. The number of allylic oxidation sites excluding steroid dienone is 1. The molecule has 0 aromatic carbocycles. The van der Waals surface area contributed by atoms with Crippen LogP contribution in [0.15, 0.2) is 11.6 Å². The molecule has 4 saturated carbocycles. The van der Waals surface area contributed by atoms with Gasteiger partial charge in [-0.1, -0.05) is 39.3 Å². The van der Waals surface area contributed by atoms with Crippen molar-refractivity contribution in [1.29, 1.82) is 0 Å². The second-order valence-corrected chi connectivity index (χ2v) is 19.7. The molecule has 4 heterocycles. The average Bonchev–Trinajstić information content (AvgIpc) is 3.59. The minimum Gasteiger partial charge on any atom is -0.388 e. The lowest BCUT2D eigenvalue weighted by molar-refractivity contribution is -0.379. The molecule has 19 atom stereocenters.